The first-order chi connectivity index (χ1) is 10.1. The Labute approximate surface area is 129 Å². The molecule has 0 saturated heterocycles. The van der Waals surface area contributed by atoms with Crippen molar-refractivity contribution in [2.75, 3.05) is 19.6 Å². The Morgan fingerprint density at radius 3 is 3.05 bits per heavy atom. The molecule has 21 heavy (non-hydrogen) atoms. The highest BCUT2D eigenvalue weighted by atomic mass is 35.5. The predicted molar refractivity (Wildman–Crippen MR) is 83.1 cm³/mol. The molecule has 0 fully saturated rings. The summed E-state index contributed by atoms with van der Waals surface area (Å²) in [5.41, 5.74) is 2.83. The third kappa shape index (κ3) is 4.81. The van der Waals surface area contributed by atoms with Crippen LogP contribution in [0, 0.1) is 0 Å². The van der Waals surface area contributed by atoms with Crippen LogP contribution in [0.25, 0.3) is 5.57 Å². The number of aliphatic hydroxyl groups is 1. The highest BCUT2D eigenvalue weighted by Gasteiger charge is 2.13. The van der Waals surface area contributed by atoms with Crippen LogP contribution in [0.4, 0.5) is 0 Å². The van der Waals surface area contributed by atoms with E-state index >= 15 is 0 Å². The minimum absolute atomic E-state index is 0.154. The van der Waals surface area contributed by atoms with E-state index in [1.807, 2.05) is 6.07 Å². The average molecular weight is 310 g/mol. The van der Waals surface area contributed by atoms with E-state index < -0.39 is 6.10 Å². The van der Waals surface area contributed by atoms with Gasteiger partial charge in [0.05, 0.1) is 16.8 Å². The molecule has 1 aliphatic rings. The van der Waals surface area contributed by atoms with Gasteiger partial charge < -0.3 is 15.7 Å². The molecule has 5 nitrogen and oxygen atoms in total. The maximum absolute atomic E-state index is 10.8. The van der Waals surface area contributed by atoms with Gasteiger partial charge in [0.25, 0.3) is 0 Å². The molecule has 0 aromatic carbocycles. The van der Waals surface area contributed by atoms with E-state index in [1.165, 1.54) is 6.92 Å². The number of pyridine rings is 1. The number of aromatic nitrogens is 1. The van der Waals surface area contributed by atoms with Gasteiger partial charge in [-0.2, -0.15) is 0 Å². The number of carbonyl (C=O) groups is 1. The lowest BCUT2D eigenvalue weighted by molar-refractivity contribution is -0.119. The van der Waals surface area contributed by atoms with Crippen LogP contribution >= 0.6 is 11.6 Å². The summed E-state index contributed by atoms with van der Waals surface area (Å²) >= 11 is 6.30. The molecule has 3 N–H and O–H groups in total. The molecule has 6 heteroatoms. The Bertz CT molecular complexity index is 546. The number of amides is 1. The lowest BCUT2D eigenvalue weighted by Gasteiger charge is -2.16. The van der Waals surface area contributed by atoms with Gasteiger partial charge in [0.2, 0.25) is 5.91 Å². The van der Waals surface area contributed by atoms with Crippen LogP contribution in [0.5, 0.6) is 0 Å². The first kappa shape index (κ1) is 15.9. The summed E-state index contributed by atoms with van der Waals surface area (Å²) in [7, 11) is 0. The van der Waals surface area contributed by atoms with Gasteiger partial charge in [-0.15, -0.1) is 0 Å². The molecular formula is C15H20ClN3O2. The van der Waals surface area contributed by atoms with Crippen LogP contribution in [-0.2, 0) is 11.2 Å². The van der Waals surface area contributed by atoms with E-state index in [9.17, 15) is 9.90 Å². The van der Waals surface area contributed by atoms with Crippen molar-refractivity contribution in [2.45, 2.75) is 25.9 Å². The molecule has 0 bridgehead atoms. The fourth-order valence-electron chi connectivity index (χ4n) is 2.27. The second-order valence-corrected chi connectivity index (χ2v) is 5.56. The van der Waals surface area contributed by atoms with Gasteiger partial charge in [-0.05, 0) is 30.2 Å². The van der Waals surface area contributed by atoms with Crippen LogP contribution in [-0.4, -0.2) is 41.7 Å². The molecule has 2 rings (SSSR count). The monoisotopic (exact) mass is 309 g/mol. The number of nitrogens with one attached hydrogen (secondary N) is 2. The fourth-order valence-corrected chi connectivity index (χ4v) is 2.58. The molecule has 1 aromatic rings. The Morgan fingerprint density at radius 2 is 2.43 bits per heavy atom. The van der Waals surface area contributed by atoms with E-state index in [0.29, 0.717) is 11.4 Å². The SMILES string of the molecule is CC(=O)NC[C@H](O)Cc1cnc(C2=CCNCC2)c(Cl)c1. The van der Waals surface area contributed by atoms with Crippen molar-refractivity contribution in [2.24, 2.45) is 0 Å². The molecule has 1 amide bonds. The molecule has 0 saturated carbocycles. The molecule has 1 aliphatic heterocycles. The number of halogens is 1. The number of nitrogens with zero attached hydrogens (tertiary/aromatic N) is 1. The van der Waals surface area contributed by atoms with E-state index in [0.717, 1.165) is 36.3 Å². The van der Waals surface area contributed by atoms with Crippen molar-refractivity contribution in [1.82, 2.24) is 15.6 Å². The van der Waals surface area contributed by atoms with E-state index in [-0.39, 0.29) is 12.5 Å². The molecule has 114 valence electrons. The van der Waals surface area contributed by atoms with Crippen LogP contribution in [0.3, 0.4) is 0 Å². The molecule has 0 spiro atoms. The first-order valence-corrected chi connectivity index (χ1v) is 7.41. The highest BCUT2D eigenvalue weighted by Crippen LogP contribution is 2.26. The maximum atomic E-state index is 10.8. The van der Waals surface area contributed by atoms with Crippen molar-refractivity contribution < 1.29 is 9.90 Å². The Morgan fingerprint density at radius 1 is 1.62 bits per heavy atom. The number of rotatable bonds is 5. The minimum atomic E-state index is -0.643. The number of hydrogen-bond acceptors (Lipinski definition) is 4. The van der Waals surface area contributed by atoms with Crippen molar-refractivity contribution in [1.29, 1.82) is 0 Å². The van der Waals surface area contributed by atoms with Crippen molar-refractivity contribution >= 4 is 23.1 Å². The van der Waals surface area contributed by atoms with Gasteiger partial charge >= 0.3 is 0 Å². The van der Waals surface area contributed by atoms with E-state index in [1.54, 1.807) is 6.20 Å². The second-order valence-electron chi connectivity index (χ2n) is 5.15. The largest absolute Gasteiger partial charge is 0.391 e. The summed E-state index contributed by atoms with van der Waals surface area (Å²) in [6, 6.07) is 1.84. The Hall–Kier alpha value is -1.43. The van der Waals surface area contributed by atoms with Crippen LogP contribution in [0.1, 0.15) is 24.6 Å². The standard InChI is InChI=1S/C15H20ClN3O2/c1-10(20)18-9-13(21)6-11-7-14(16)15(19-8-11)12-2-4-17-5-3-12/h2,7-8,13,17,21H,3-6,9H2,1H3,(H,18,20)/t13-/m1/s1. The summed E-state index contributed by atoms with van der Waals surface area (Å²) in [5.74, 6) is -0.154. The topological polar surface area (TPSA) is 74.2 Å². The van der Waals surface area contributed by atoms with Crippen molar-refractivity contribution in [3.63, 3.8) is 0 Å². The summed E-state index contributed by atoms with van der Waals surface area (Å²) in [6.07, 6.45) is 4.52. The Kier molecular flexibility index (Phi) is 5.73. The number of carbonyl (C=O) groups excluding carboxylic acids is 1. The molecule has 2 heterocycles. The molecule has 0 radical (unpaired) electrons. The third-order valence-electron chi connectivity index (χ3n) is 3.32. The van der Waals surface area contributed by atoms with Crippen LogP contribution < -0.4 is 10.6 Å². The van der Waals surface area contributed by atoms with Gasteiger partial charge in [-0.3, -0.25) is 9.78 Å². The van der Waals surface area contributed by atoms with E-state index in [2.05, 4.69) is 21.7 Å². The zero-order valence-electron chi connectivity index (χ0n) is 12.0. The molecule has 0 aliphatic carbocycles. The Balaban J connectivity index is 2.01. The summed E-state index contributed by atoms with van der Waals surface area (Å²) < 4.78 is 0. The minimum Gasteiger partial charge on any atom is -0.391 e. The van der Waals surface area contributed by atoms with E-state index in [4.69, 9.17) is 11.6 Å². The zero-order valence-corrected chi connectivity index (χ0v) is 12.8. The van der Waals surface area contributed by atoms with Gasteiger partial charge in [0.15, 0.2) is 0 Å². The molecule has 1 aromatic heterocycles. The highest BCUT2D eigenvalue weighted by molar-refractivity contribution is 6.32. The average Bonchev–Trinajstić information content (AvgIpc) is 2.46. The molecule has 1 atom stereocenters. The lowest BCUT2D eigenvalue weighted by atomic mass is 10.0. The van der Waals surface area contributed by atoms with Crippen LogP contribution in [0.2, 0.25) is 5.02 Å². The normalized spacial score (nSPS) is 16.2. The molecule has 0 unspecified atom stereocenters. The smallest absolute Gasteiger partial charge is 0.216 e. The third-order valence-corrected chi connectivity index (χ3v) is 3.61. The quantitative estimate of drug-likeness (QED) is 0.763. The zero-order chi connectivity index (χ0) is 15.2. The molecular weight excluding hydrogens is 290 g/mol. The number of hydrogen-bond donors (Lipinski definition) is 3. The number of aliphatic hydroxyl groups excluding tert-OH is 1. The van der Waals surface area contributed by atoms with Gasteiger partial charge in [-0.25, -0.2) is 0 Å². The lowest BCUT2D eigenvalue weighted by Crippen LogP contribution is -2.31. The predicted octanol–water partition coefficient (Wildman–Crippen LogP) is 1.15. The summed E-state index contributed by atoms with van der Waals surface area (Å²) in [6.45, 7) is 3.42. The van der Waals surface area contributed by atoms with Crippen molar-refractivity contribution in [3.05, 3.63) is 34.6 Å². The fraction of sp³-hybridized carbons (Fsp3) is 0.467. The maximum Gasteiger partial charge on any atom is 0.216 e. The van der Waals surface area contributed by atoms with Gasteiger partial charge in [0, 0.05) is 32.6 Å². The van der Waals surface area contributed by atoms with Gasteiger partial charge in [-0.1, -0.05) is 17.7 Å². The second kappa shape index (κ2) is 7.54. The summed E-state index contributed by atoms with van der Waals surface area (Å²) in [4.78, 5) is 15.2. The first-order valence-electron chi connectivity index (χ1n) is 7.03. The van der Waals surface area contributed by atoms with Crippen molar-refractivity contribution in [3.8, 4) is 0 Å². The van der Waals surface area contributed by atoms with Crippen LogP contribution in [0.15, 0.2) is 18.3 Å². The summed E-state index contributed by atoms with van der Waals surface area (Å²) in [5, 5.41) is 16.3. The van der Waals surface area contributed by atoms with Gasteiger partial charge in [0.1, 0.15) is 0 Å².